The second kappa shape index (κ2) is 12.3. The molecule has 1 aliphatic carbocycles. The highest BCUT2D eigenvalue weighted by molar-refractivity contribution is 7.91. The summed E-state index contributed by atoms with van der Waals surface area (Å²) >= 11 is 0. The number of aromatic amines is 1. The van der Waals surface area contributed by atoms with Gasteiger partial charge in [-0.25, -0.2) is 12.4 Å². The number of rotatable bonds is 12. The van der Waals surface area contributed by atoms with E-state index < -0.39 is 20.7 Å². The van der Waals surface area contributed by atoms with Crippen LogP contribution >= 0.6 is 0 Å². The van der Waals surface area contributed by atoms with Crippen molar-refractivity contribution in [2.45, 2.75) is 70.9 Å². The van der Waals surface area contributed by atoms with E-state index in [1.807, 2.05) is 65.2 Å². The van der Waals surface area contributed by atoms with Crippen LogP contribution in [0.15, 0.2) is 66.1 Å². The number of pyridine rings is 1. The first-order valence-electron chi connectivity index (χ1n) is 15.2. The molecule has 0 spiro atoms. The van der Waals surface area contributed by atoms with Crippen LogP contribution in [0.5, 0.6) is 5.75 Å². The molecule has 2 aromatic heterocycles. The second-order valence-corrected chi connectivity index (χ2v) is 14.8. The highest BCUT2D eigenvalue weighted by atomic mass is 32.2. The van der Waals surface area contributed by atoms with Crippen LogP contribution < -0.4 is 15.6 Å². The number of hydrogen-bond donors (Lipinski definition) is 2. The van der Waals surface area contributed by atoms with E-state index in [1.54, 1.807) is 31.3 Å². The molecule has 0 aliphatic heterocycles. The molecule has 1 saturated carbocycles. The maximum Gasteiger partial charge on any atom is 0.256 e. The summed E-state index contributed by atoms with van der Waals surface area (Å²) in [6.45, 7) is 11.8. The summed E-state index contributed by atoms with van der Waals surface area (Å²) in [6.07, 6.45) is 4.59. The summed E-state index contributed by atoms with van der Waals surface area (Å²) < 4.78 is 34.5. The van der Waals surface area contributed by atoms with E-state index in [2.05, 4.69) is 21.8 Å². The van der Waals surface area contributed by atoms with Gasteiger partial charge in [0.2, 0.25) is 10.0 Å². The van der Waals surface area contributed by atoms with Crippen LogP contribution in [-0.4, -0.2) is 53.1 Å². The highest BCUT2D eigenvalue weighted by Crippen LogP contribution is 2.49. The summed E-state index contributed by atoms with van der Waals surface area (Å²) in [7, 11) is 0.217. The standard InChI is InChI=1S/C35H42N4O5S/c1-8-13-35(14-15-35)45(42,43)39-20-23(4)32-28(17-27(18-30(32)39)26-11-9-25(10-12-26)21-38(6)7)33(40)36-19-29-31(44-22(2)3)16-24(5)37-34(29)41/h8-12,16-18,20,22H,1,13-15,19,21H2,2-7H3,(H,36,40)(H,37,41). The van der Waals surface area contributed by atoms with E-state index >= 15 is 0 Å². The van der Waals surface area contributed by atoms with Gasteiger partial charge in [0.05, 0.1) is 28.5 Å². The van der Waals surface area contributed by atoms with Gasteiger partial charge in [-0.2, -0.15) is 0 Å². The Bertz CT molecular complexity index is 1930. The molecule has 10 heteroatoms. The smallest absolute Gasteiger partial charge is 0.256 e. The molecule has 1 aliphatic rings. The summed E-state index contributed by atoms with van der Waals surface area (Å²) in [5.74, 6) is -0.0133. The van der Waals surface area contributed by atoms with E-state index in [4.69, 9.17) is 4.74 Å². The lowest BCUT2D eigenvalue weighted by molar-refractivity contribution is 0.0952. The molecule has 0 unspecified atom stereocenters. The third-order valence-electron chi connectivity index (χ3n) is 8.24. The lowest BCUT2D eigenvalue weighted by Gasteiger charge is -2.18. The Balaban J connectivity index is 1.62. The predicted molar refractivity (Wildman–Crippen MR) is 179 cm³/mol. The molecule has 1 fully saturated rings. The van der Waals surface area contributed by atoms with Gasteiger partial charge in [-0.05, 0) is 102 Å². The van der Waals surface area contributed by atoms with Crippen molar-refractivity contribution in [1.29, 1.82) is 0 Å². The average molecular weight is 631 g/mol. The fraction of sp³-hybridized carbons (Fsp3) is 0.371. The fourth-order valence-electron chi connectivity index (χ4n) is 5.89. The quantitative estimate of drug-likeness (QED) is 0.195. The van der Waals surface area contributed by atoms with E-state index in [0.717, 1.165) is 17.7 Å². The van der Waals surface area contributed by atoms with Crippen molar-refractivity contribution in [3.05, 3.63) is 99.6 Å². The third-order valence-corrected chi connectivity index (χ3v) is 10.7. The molecule has 9 nitrogen and oxygen atoms in total. The normalized spacial score (nSPS) is 14.2. The van der Waals surface area contributed by atoms with Crippen LogP contribution in [0.4, 0.5) is 0 Å². The molecule has 0 bridgehead atoms. The zero-order chi connectivity index (χ0) is 32.7. The van der Waals surface area contributed by atoms with Crippen molar-refractivity contribution in [3.63, 3.8) is 0 Å². The largest absolute Gasteiger partial charge is 0.490 e. The van der Waals surface area contributed by atoms with Crippen LogP contribution in [-0.2, 0) is 23.1 Å². The Labute approximate surface area is 265 Å². The summed E-state index contributed by atoms with van der Waals surface area (Å²) in [5.41, 5.74) is 4.76. The van der Waals surface area contributed by atoms with Gasteiger partial charge in [0, 0.05) is 29.4 Å². The molecule has 45 heavy (non-hydrogen) atoms. The van der Waals surface area contributed by atoms with E-state index in [-0.39, 0.29) is 18.2 Å². The maximum atomic E-state index is 14.1. The minimum Gasteiger partial charge on any atom is -0.490 e. The van der Waals surface area contributed by atoms with Crippen LogP contribution in [0.3, 0.4) is 0 Å². The van der Waals surface area contributed by atoms with Gasteiger partial charge in [-0.1, -0.05) is 30.3 Å². The molecular weight excluding hydrogens is 588 g/mol. The van der Waals surface area contributed by atoms with Crippen molar-refractivity contribution in [2.24, 2.45) is 0 Å². The van der Waals surface area contributed by atoms with Crippen molar-refractivity contribution in [1.82, 2.24) is 19.2 Å². The number of carbonyl (C=O) groups excluding carboxylic acids is 1. The Morgan fingerprint density at radius 3 is 2.42 bits per heavy atom. The van der Waals surface area contributed by atoms with E-state index in [0.29, 0.717) is 63.9 Å². The number of allylic oxidation sites excluding steroid dienone is 1. The number of nitrogens with zero attached hydrogens (tertiary/aromatic N) is 2. The lowest BCUT2D eigenvalue weighted by Crippen LogP contribution is -2.29. The number of carbonyl (C=O) groups is 1. The summed E-state index contributed by atoms with van der Waals surface area (Å²) in [6, 6.07) is 13.4. The highest BCUT2D eigenvalue weighted by Gasteiger charge is 2.54. The number of benzene rings is 2. The number of H-pyrrole nitrogens is 1. The van der Waals surface area contributed by atoms with E-state index in [1.165, 1.54) is 3.97 Å². The molecule has 1 amide bonds. The first-order valence-corrected chi connectivity index (χ1v) is 16.6. The maximum absolute atomic E-state index is 14.1. The van der Waals surface area contributed by atoms with Gasteiger partial charge in [0.1, 0.15) is 5.75 Å². The van der Waals surface area contributed by atoms with Crippen molar-refractivity contribution in [2.75, 3.05) is 14.1 Å². The molecule has 2 N–H and O–H groups in total. The number of aromatic nitrogens is 2. The molecule has 0 radical (unpaired) electrons. The number of hydrogen-bond acceptors (Lipinski definition) is 6. The molecule has 4 aromatic rings. The Morgan fingerprint density at radius 1 is 1.13 bits per heavy atom. The Morgan fingerprint density at radius 2 is 1.82 bits per heavy atom. The van der Waals surface area contributed by atoms with Crippen LogP contribution in [0, 0.1) is 13.8 Å². The first kappa shape index (κ1) is 32.2. The molecule has 238 valence electrons. The molecule has 2 heterocycles. The zero-order valence-electron chi connectivity index (χ0n) is 26.9. The van der Waals surface area contributed by atoms with Crippen LogP contribution in [0.2, 0.25) is 0 Å². The van der Waals surface area contributed by atoms with Gasteiger partial charge in [0.15, 0.2) is 0 Å². The number of nitrogens with one attached hydrogen (secondary N) is 2. The first-order chi connectivity index (χ1) is 21.3. The molecule has 2 aromatic carbocycles. The summed E-state index contributed by atoms with van der Waals surface area (Å²) in [5, 5.41) is 3.46. The van der Waals surface area contributed by atoms with Gasteiger partial charge in [0.25, 0.3) is 11.5 Å². The topological polar surface area (TPSA) is 113 Å². The van der Waals surface area contributed by atoms with Crippen molar-refractivity contribution in [3.8, 4) is 16.9 Å². The Hall–Kier alpha value is -4.15. The monoisotopic (exact) mass is 630 g/mol. The molecular formula is C35H42N4O5S. The van der Waals surface area contributed by atoms with Gasteiger partial charge in [-0.15, -0.1) is 6.58 Å². The zero-order valence-corrected chi connectivity index (χ0v) is 27.7. The van der Waals surface area contributed by atoms with Crippen molar-refractivity contribution < 1.29 is 17.9 Å². The molecule has 5 rings (SSSR count). The van der Waals surface area contributed by atoms with Gasteiger partial charge >= 0.3 is 0 Å². The van der Waals surface area contributed by atoms with Crippen LogP contribution in [0.25, 0.3) is 22.0 Å². The predicted octanol–water partition coefficient (Wildman–Crippen LogP) is 5.68. The molecule has 0 saturated heterocycles. The number of aryl methyl sites for hydroxylation is 2. The minimum absolute atomic E-state index is 0.0675. The minimum atomic E-state index is -3.79. The molecule has 0 atom stereocenters. The summed E-state index contributed by atoms with van der Waals surface area (Å²) in [4.78, 5) is 31.7. The third kappa shape index (κ3) is 6.35. The lowest BCUT2D eigenvalue weighted by atomic mass is 9.97. The van der Waals surface area contributed by atoms with Crippen molar-refractivity contribution >= 4 is 26.8 Å². The second-order valence-electron chi connectivity index (χ2n) is 12.6. The number of ether oxygens (including phenoxy) is 1. The number of fused-ring (bicyclic) bond motifs is 1. The van der Waals surface area contributed by atoms with Crippen LogP contribution in [0.1, 0.15) is 65.9 Å². The number of amides is 1. The SMILES string of the molecule is C=CCC1(S(=O)(=O)n2cc(C)c3c(C(=O)NCc4c(OC(C)C)cc(C)[nH]c4=O)cc(-c4ccc(CN(C)C)cc4)cc32)CC1. The average Bonchev–Trinajstić information content (AvgIpc) is 3.68. The Kier molecular flexibility index (Phi) is 8.83. The van der Waals surface area contributed by atoms with Gasteiger partial charge in [-0.3, -0.25) is 9.59 Å². The fourth-order valence-corrected chi connectivity index (χ4v) is 7.96. The van der Waals surface area contributed by atoms with Gasteiger partial charge < -0.3 is 19.9 Å². The van der Waals surface area contributed by atoms with E-state index in [9.17, 15) is 18.0 Å².